The first kappa shape index (κ1) is 15.2. The van der Waals surface area contributed by atoms with Crippen molar-refractivity contribution in [1.82, 2.24) is 0 Å². The molecule has 0 spiro atoms. The van der Waals surface area contributed by atoms with Gasteiger partial charge < -0.3 is 9.11 Å². The minimum absolute atomic E-state index is 0.490. The van der Waals surface area contributed by atoms with Crippen molar-refractivity contribution >= 4 is 50.9 Å². The first-order chi connectivity index (χ1) is 5.91. The zero-order valence-electron chi connectivity index (χ0n) is 7.96. The highest BCUT2D eigenvalue weighted by atomic mass is 35.6. The molecule has 0 amide bonds. The number of alkyl halides is 3. The van der Waals surface area contributed by atoms with Crippen LogP contribution >= 0.6 is 42.6 Å². The van der Waals surface area contributed by atoms with Crippen molar-refractivity contribution in [3.05, 3.63) is 0 Å². The summed E-state index contributed by atoms with van der Waals surface area (Å²) in [6, 6.07) is 0. The normalized spacial score (nSPS) is 17.9. The number of hydrogen-bond acceptors (Lipinski definition) is 3. The Hall–Kier alpha value is 1.20. The number of halogens is 3. The Kier molecular flexibility index (Phi) is 5.45. The molecule has 0 bridgehead atoms. The second-order valence-electron chi connectivity index (χ2n) is 3.56. The molecule has 86 valence electrons. The van der Waals surface area contributed by atoms with E-state index in [1.165, 1.54) is 0 Å². The molecule has 1 atom stereocenters. The van der Waals surface area contributed by atoms with Gasteiger partial charge >= 0.3 is 7.82 Å². The topological polar surface area (TPSA) is 55.8 Å². The Morgan fingerprint density at radius 1 is 1.36 bits per heavy atom. The van der Waals surface area contributed by atoms with Gasteiger partial charge in [-0.3, -0.25) is 4.52 Å². The SMILES string of the molecule is C[Si](C)(C)OP(=O)(O)OCC(Cl)(Cl)Cl. The Bertz CT molecular complexity index is 236. The third kappa shape index (κ3) is 9.74. The van der Waals surface area contributed by atoms with Crippen LogP contribution in [0, 0.1) is 0 Å². The molecular weight excluding hydrogens is 289 g/mol. The monoisotopic (exact) mass is 300 g/mol. The third-order valence-electron chi connectivity index (χ3n) is 0.781. The van der Waals surface area contributed by atoms with Crippen molar-refractivity contribution in [2.75, 3.05) is 6.61 Å². The van der Waals surface area contributed by atoms with Crippen molar-refractivity contribution in [2.24, 2.45) is 0 Å². The van der Waals surface area contributed by atoms with E-state index in [0.717, 1.165) is 0 Å². The molecule has 0 saturated carbocycles. The van der Waals surface area contributed by atoms with Crippen molar-refractivity contribution in [3.63, 3.8) is 0 Å². The molecule has 0 aromatic carbocycles. The van der Waals surface area contributed by atoms with Crippen molar-refractivity contribution in [3.8, 4) is 0 Å². The lowest BCUT2D eigenvalue weighted by Crippen LogP contribution is -2.25. The van der Waals surface area contributed by atoms with Gasteiger partial charge in [0.25, 0.3) is 0 Å². The Morgan fingerprint density at radius 3 is 2.07 bits per heavy atom. The number of rotatable bonds is 4. The summed E-state index contributed by atoms with van der Waals surface area (Å²) < 4.78 is 18.9. The Morgan fingerprint density at radius 2 is 1.79 bits per heavy atom. The van der Waals surface area contributed by atoms with Crippen LogP contribution in [0.15, 0.2) is 0 Å². The predicted molar refractivity (Wildman–Crippen MR) is 60.5 cm³/mol. The van der Waals surface area contributed by atoms with Gasteiger partial charge in [0.15, 0.2) is 8.32 Å². The van der Waals surface area contributed by atoms with E-state index in [0.29, 0.717) is 0 Å². The minimum atomic E-state index is -4.10. The minimum Gasteiger partial charge on any atom is -0.330 e. The van der Waals surface area contributed by atoms with E-state index in [1.54, 1.807) is 19.6 Å². The summed E-state index contributed by atoms with van der Waals surface area (Å²) in [5.74, 6) is 0. The molecule has 0 aromatic heterocycles. The molecule has 0 aliphatic carbocycles. The first-order valence-corrected chi connectivity index (χ1v) is 9.70. The van der Waals surface area contributed by atoms with Gasteiger partial charge in [0.05, 0.1) is 0 Å². The molecule has 0 saturated heterocycles. The zero-order chi connectivity index (χ0) is 11.6. The number of phosphoric ester groups is 1. The van der Waals surface area contributed by atoms with Crippen LogP contribution in [-0.2, 0) is 13.3 Å². The van der Waals surface area contributed by atoms with Crippen molar-refractivity contribution < 1.29 is 18.2 Å². The highest BCUT2D eigenvalue weighted by Crippen LogP contribution is 2.47. The molecular formula is C5H12Cl3O4PSi. The summed E-state index contributed by atoms with van der Waals surface area (Å²) in [7, 11) is -6.26. The van der Waals surface area contributed by atoms with Crippen LogP contribution in [0.2, 0.25) is 19.6 Å². The lowest BCUT2D eigenvalue weighted by molar-refractivity contribution is 0.205. The smallest absolute Gasteiger partial charge is 0.330 e. The van der Waals surface area contributed by atoms with Gasteiger partial charge in [0.1, 0.15) is 6.61 Å². The van der Waals surface area contributed by atoms with Gasteiger partial charge in [-0.05, 0) is 19.6 Å². The quantitative estimate of drug-likeness (QED) is 0.491. The molecule has 1 unspecified atom stereocenters. The molecule has 0 aliphatic heterocycles. The molecule has 0 aromatic rings. The maximum absolute atomic E-state index is 11.2. The van der Waals surface area contributed by atoms with Crippen LogP contribution in [0.1, 0.15) is 0 Å². The second kappa shape index (κ2) is 5.02. The van der Waals surface area contributed by atoms with Gasteiger partial charge in [-0.25, -0.2) is 4.57 Å². The highest BCUT2D eigenvalue weighted by molar-refractivity contribution is 7.49. The summed E-state index contributed by atoms with van der Waals surface area (Å²) in [5.41, 5.74) is 0. The zero-order valence-corrected chi connectivity index (χ0v) is 12.1. The van der Waals surface area contributed by atoms with Gasteiger partial charge in [-0.1, -0.05) is 34.8 Å². The molecule has 0 heterocycles. The van der Waals surface area contributed by atoms with Gasteiger partial charge in [-0.15, -0.1) is 0 Å². The van der Waals surface area contributed by atoms with Gasteiger partial charge in [0.2, 0.25) is 3.79 Å². The Balaban J connectivity index is 4.17. The molecule has 0 radical (unpaired) electrons. The van der Waals surface area contributed by atoms with Crippen LogP contribution < -0.4 is 0 Å². The first-order valence-electron chi connectivity index (χ1n) is 3.66. The van der Waals surface area contributed by atoms with Crippen LogP contribution in [0.25, 0.3) is 0 Å². The summed E-state index contributed by atoms with van der Waals surface area (Å²) in [6.45, 7) is 4.74. The van der Waals surface area contributed by atoms with E-state index in [1.807, 2.05) is 0 Å². The van der Waals surface area contributed by atoms with Crippen molar-refractivity contribution in [1.29, 1.82) is 0 Å². The molecule has 0 fully saturated rings. The summed E-state index contributed by atoms with van der Waals surface area (Å²) in [4.78, 5) is 9.18. The maximum atomic E-state index is 11.2. The average Bonchev–Trinajstić information content (AvgIpc) is 1.76. The summed E-state index contributed by atoms with van der Waals surface area (Å²) in [6.07, 6.45) is 0. The second-order valence-corrected chi connectivity index (χ2v) is 12.2. The Labute approximate surface area is 99.2 Å². The van der Waals surface area contributed by atoms with E-state index in [-0.39, 0.29) is 0 Å². The third-order valence-corrected chi connectivity index (χ3v) is 4.68. The van der Waals surface area contributed by atoms with Gasteiger partial charge in [-0.2, -0.15) is 0 Å². The standard InChI is InChI=1S/C5H12Cl3O4PSi/c1-14(2,3)12-13(9,10)11-4-5(6,7)8/h4H2,1-3H3,(H,9,10). The number of hydrogen-bond donors (Lipinski definition) is 1. The van der Waals surface area contributed by atoms with Crippen LogP contribution in [0.4, 0.5) is 0 Å². The molecule has 14 heavy (non-hydrogen) atoms. The van der Waals surface area contributed by atoms with Crippen LogP contribution in [0.5, 0.6) is 0 Å². The van der Waals surface area contributed by atoms with Crippen LogP contribution in [-0.4, -0.2) is 23.6 Å². The molecule has 9 heteroatoms. The fourth-order valence-corrected chi connectivity index (χ4v) is 4.26. The molecule has 4 nitrogen and oxygen atoms in total. The highest BCUT2D eigenvalue weighted by Gasteiger charge is 2.33. The number of phosphoric acid groups is 1. The van der Waals surface area contributed by atoms with E-state index in [9.17, 15) is 9.46 Å². The van der Waals surface area contributed by atoms with Crippen LogP contribution in [0.3, 0.4) is 0 Å². The van der Waals surface area contributed by atoms with E-state index < -0.39 is 26.5 Å². The fourth-order valence-electron chi connectivity index (χ4n) is 0.527. The van der Waals surface area contributed by atoms with E-state index >= 15 is 0 Å². The average molecular weight is 302 g/mol. The lowest BCUT2D eigenvalue weighted by atomic mass is 10.9. The van der Waals surface area contributed by atoms with E-state index in [2.05, 4.69) is 4.52 Å². The van der Waals surface area contributed by atoms with E-state index in [4.69, 9.17) is 39.0 Å². The van der Waals surface area contributed by atoms with Crippen molar-refractivity contribution in [2.45, 2.75) is 23.4 Å². The fraction of sp³-hybridized carbons (Fsp3) is 1.00. The molecule has 1 N–H and O–H groups in total. The maximum Gasteiger partial charge on any atom is 0.462 e. The summed E-state index contributed by atoms with van der Waals surface area (Å²) in [5, 5.41) is 0. The predicted octanol–water partition coefficient (Wildman–Crippen LogP) is 3.33. The summed E-state index contributed by atoms with van der Waals surface area (Å²) >= 11 is 16.0. The molecule has 0 aliphatic rings. The largest absolute Gasteiger partial charge is 0.462 e. The van der Waals surface area contributed by atoms with Gasteiger partial charge in [0, 0.05) is 0 Å². The molecule has 0 rings (SSSR count). The lowest BCUT2D eigenvalue weighted by Gasteiger charge is -2.22.